The third kappa shape index (κ3) is 33.3. The predicted molar refractivity (Wildman–Crippen MR) is 258 cm³/mol. The molecule has 0 aliphatic heterocycles. The fourth-order valence-corrected chi connectivity index (χ4v) is 8.78. The zero-order chi connectivity index (χ0) is 47.8. The van der Waals surface area contributed by atoms with Gasteiger partial charge in [0, 0.05) is 12.8 Å². The zero-order valence-corrected chi connectivity index (χ0v) is 41.4. The molecule has 14 heteroatoms. The Morgan fingerprint density at radius 1 is 0.477 bits per heavy atom. The van der Waals surface area contributed by atoms with E-state index < -0.39 is 75.7 Å². The van der Waals surface area contributed by atoms with Gasteiger partial charge in [-0.25, -0.2) is 4.57 Å². The van der Waals surface area contributed by atoms with Crippen LogP contribution in [0.4, 0.5) is 0 Å². The molecule has 1 fully saturated rings. The van der Waals surface area contributed by atoms with E-state index in [9.17, 15) is 44.6 Å². The van der Waals surface area contributed by atoms with E-state index in [0.29, 0.717) is 12.8 Å². The van der Waals surface area contributed by atoms with Gasteiger partial charge in [0.1, 0.15) is 43.2 Å². The van der Waals surface area contributed by atoms with Crippen molar-refractivity contribution >= 4 is 19.8 Å². The number of aliphatic hydroxyl groups excluding tert-OH is 5. The molecule has 0 radical (unpaired) electrons. The van der Waals surface area contributed by atoms with Crippen molar-refractivity contribution in [2.75, 3.05) is 13.2 Å². The number of ether oxygens (including phenoxy) is 2. The Hall–Kier alpha value is -1.93. The van der Waals surface area contributed by atoms with Gasteiger partial charge in [0.05, 0.1) is 6.61 Å². The van der Waals surface area contributed by atoms with E-state index in [0.717, 1.165) is 64.2 Å². The second-order valence-corrected chi connectivity index (χ2v) is 19.5. The number of hydrogen-bond donors (Lipinski definition) is 6. The fourth-order valence-electron chi connectivity index (χ4n) is 7.80. The highest BCUT2D eigenvalue weighted by molar-refractivity contribution is 7.47. The Morgan fingerprint density at radius 2 is 0.831 bits per heavy atom. The standard InChI is InChI=1S/C51H93O13P/c1-3-5-7-9-11-13-15-17-19-20-21-22-23-24-26-28-30-32-34-36-38-40-45(53)63-43(42-62-65(59,60)64-51-49(57)47(55)46(54)48(56)50(51)58)41-61-44(52)39-37-35-33-31-29-27-25-18-16-14-12-10-8-6-4-2/h14,16-19,25,43,46-51,54-58H,3-13,15,20-24,26-42H2,1-2H3,(H,59,60)/b16-14+,19-17+,25-18+/t43-,46?,47-,48?,49?,50?,51?/m1/s1. The van der Waals surface area contributed by atoms with Crippen LogP contribution in [0, 0.1) is 0 Å². The number of carbonyl (C=O) groups is 2. The molecule has 1 aliphatic carbocycles. The maximum absolute atomic E-state index is 12.8. The number of allylic oxidation sites excluding steroid dienone is 6. The molecule has 0 aromatic heterocycles. The van der Waals surface area contributed by atoms with Crippen LogP contribution in [0.5, 0.6) is 0 Å². The van der Waals surface area contributed by atoms with Gasteiger partial charge in [-0.1, -0.05) is 179 Å². The lowest BCUT2D eigenvalue weighted by molar-refractivity contribution is -0.220. The summed E-state index contributed by atoms with van der Waals surface area (Å²) < 4.78 is 33.6. The molecular weight excluding hydrogens is 852 g/mol. The van der Waals surface area contributed by atoms with Gasteiger partial charge in [-0.15, -0.1) is 0 Å². The van der Waals surface area contributed by atoms with Crippen LogP contribution in [0.1, 0.15) is 219 Å². The number of esters is 2. The highest BCUT2D eigenvalue weighted by Crippen LogP contribution is 2.47. The number of aliphatic hydroxyl groups is 5. The van der Waals surface area contributed by atoms with Crippen LogP contribution in [0.15, 0.2) is 36.5 Å². The van der Waals surface area contributed by atoms with Gasteiger partial charge in [0.2, 0.25) is 0 Å². The van der Waals surface area contributed by atoms with Crippen LogP contribution < -0.4 is 0 Å². The summed E-state index contributed by atoms with van der Waals surface area (Å²) >= 11 is 0. The molecular formula is C51H93O13P. The van der Waals surface area contributed by atoms with Crippen molar-refractivity contribution < 1.29 is 63.1 Å². The van der Waals surface area contributed by atoms with Crippen LogP contribution >= 0.6 is 7.82 Å². The first-order chi connectivity index (χ1) is 31.4. The SMILES string of the molecule is CCCCCC/C=C/C=C/CCCCCCCC(=O)OC[C@H](COP(=O)(O)OC1C(O)C(O)C(O)[C@@H](O)C1O)OC(=O)CCCCCCCCCCCCC/C=C/CCCCCCCC. The summed E-state index contributed by atoms with van der Waals surface area (Å²) in [6.07, 6.45) is 34.8. The van der Waals surface area contributed by atoms with Crippen molar-refractivity contribution in [2.45, 2.75) is 262 Å². The second kappa shape index (κ2) is 41.1. The van der Waals surface area contributed by atoms with Crippen molar-refractivity contribution in [3.63, 3.8) is 0 Å². The van der Waals surface area contributed by atoms with Crippen LogP contribution in [-0.4, -0.2) is 98.3 Å². The predicted octanol–water partition coefficient (Wildman–Crippen LogP) is 11.0. The molecule has 0 amide bonds. The molecule has 0 spiro atoms. The smallest absolute Gasteiger partial charge is 0.462 e. The average Bonchev–Trinajstić information content (AvgIpc) is 3.29. The van der Waals surface area contributed by atoms with Crippen LogP contribution in [0.2, 0.25) is 0 Å². The number of hydrogen-bond acceptors (Lipinski definition) is 12. The molecule has 6 N–H and O–H groups in total. The third-order valence-electron chi connectivity index (χ3n) is 12.0. The number of unbranched alkanes of at least 4 members (excludes halogenated alkanes) is 26. The number of carbonyl (C=O) groups excluding carboxylic acids is 2. The van der Waals surface area contributed by atoms with Crippen LogP contribution in [-0.2, 0) is 32.7 Å². The quantitative estimate of drug-likeness (QED) is 0.0111. The Balaban J connectivity index is 2.39. The first kappa shape index (κ1) is 61.1. The minimum atomic E-state index is -5.12. The summed E-state index contributed by atoms with van der Waals surface area (Å²) in [6, 6.07) is 0. The van der Waals surface area contributed by atoms with Gasteiger partial charge >= 0.3 is 19.8 Å². The molecule has 0 aromatic carbocycles. The highest BCUT2D eigenvalue weighted by atomic mass is 31.2. The fraction of sp³-hybridized carbons (Fsp3) is 0.843. The lowest BCUT2D eigenvalue weighted by atomic mass is 9.85. The van der Waals surface area contributed by atoms with Crippen molar-refractivity contribution in [3.05, 3.63) is 36.5 Å². The average molecular weight is 945 g/mol. The van der Waals surface area contributed by atoms with E-state index in [1.54, 1.807) is 0 Å². The largest absolute Gasteiger partial charge is 0.472 e. The molecule has 1 rings (SSSR count). The topological polar surface area (TPSA) is 210 Å². The zero-order valence-electron chi connectivity index (χ0n) is 40.5. The molecule has 1 saturated carbocycles. The summed E-state index contributed by atoms with van der Waals surface area (Å²) in [7, 11) is -5.12. The van der Waals surface area contributed by atoms with Gasteiger partial charge in [-0.2, -0.15) is 0 Å². The van der Waals surface area contributed by atoms with E-state index in [4.69, 9.17) is 18.5 Å². The Labute approximate surface area is 393 Å². The van der Waals surface area contributed by atoms with E-state index in [2.05, 4.69) is 50.3 Å². The first-order valence-electron chi connectivity index (χ1n) is 25.8. The van der Waals surface area contributed by atoms with E-state index in [1.165, 1.54) is 116 Å². The Kier molecular flexibility index (Phi) is 38.6. The highest BCUT2D eigenvalue weighted by Gasteiger charge is 2.51. The molecule has 0 saturated heterocycles. The van der Waals surface area contributed by atoms with E-state index in [-0.39, 0.29) is 12.8 Å². The molecule has 6 unspecified atom stereocenters. The Bertz CT molecular complexity index is 1280. The molecule has 0 bridgehead atoms. The van der Waals surface area contributed by atoms with Crippen molar-refractivity contribution in [1.29, 1.82) is 0 Å². The lowest BCUT2D eigenvalue weighted by Gasteiger charge is -2.41. The van der Waals surface area contributed by atoms with Gasteiger partial charge < -0.3 is 39.9 Å². The monoisotopic (exact) mass is 945 g/mol. The lowest BCUT2D eigenvalue weighted by Crippen LogP contribution is -2.64. The molecule has 1 aliphatic rings. The van der Waals surface area contributed by atoms with E-state index in [1.807, 2.05) is 0 Å². The summed E-state index contributed by atoms with van der Waals surface area (Å²) in [5, 5.41) is 50.2. The van der Waals surface area contributed by atoms with E-state index >= 15 is 0 Å². The van der Waals surface area contributed by atoms with Crippen LogP contribution in [0.25, 0.3) is 0 Å². The van der Waals surface area contributed by atoms with Crippen molar-refractivity contribution in [1.82, 2.24) is 0 Å². The van der Waals surface area contributed by atoms with Gasteiger partial charge in [-0.05, 0) is 64.2 Å². The molecule has 0 heterocycles. The maximum atomic E-state index is 12.8. The Morgan fingerprint density at radius 3 is 1.28 bits per heavy atom. The number of phosphoric ester groups is 1. The minimum absolute atomic E-state index is 0.0934. The van der Waals surface area contributed by atoms with Gasteiger partial charge in [-0.3, -0.25) is 18.6 Å². The van der Waals surface area contributed by atoms with Crippen molar-refractivity contribution in [3.8, 4) is 0 Å². The maximum Gasteiger partial charge on any atom is 0.472 e. The summed E-state index contributed by atoms with van der Waals surface area (Å²) in [5.41, 5.74) is 0. The summed E-state index contributed by atoms with van der Waals surface area (Å²) in [6.45, 7) is 3.28. The summed E-state index contributed by atoms with van der Waals surface area (Å²) in [4.78, 5) is 35.8. The van der Waals surface area contributed by atoms with Gasteiger partial charge in [0.25, 0.3) is 0 Å². The molecule has 0 aromatic rings. The summed E-state index contributed by atoms with van der Waals surface area (Å²) in [5.74, 6) is -1.11. The normalized spacial score (nSPS) is 21.7. The minimum Gasteiger partial charge on any atom is -0.462 e. The number of phosphoric acid groups is 1. The first-order valence-corrected chi connectivity index (χ1v) is 27.3. The van der Waals surface area contributed by atoms with Crippen LogP contribution in [0.3, 0.4) is 0 Å². The third-order valence-corrected chi connectivity index (χ3v) is 13.0. The molecule has 65 heavy (non-hydrogen) atoms. The van der Waals surface area contributed by atoms with Crippen molar-refractivity contribution in [2.24, 2.45) is 0 Å². The number of rotatable bonds is 43. The molecule has 8 atom stereocenters. The molecule has 380 valence electrons. The van der Waals surface area contributed by atoms with Gasteiger partial charge in [0.15, 0.2) is 6.10 Å². The molecule has 13 nitrogen and oxygen atoms in total. The second-order valence-electron chi connectivity index (χ2n) is 18.0.